The van der Waals surface area contributed by atoms with Crippen LogP contribution in [0.3, 0.4) is 0 Å². The summed E-state index contributed by atoms with van der Waals surface area (Å²) in [6, 6.07) is 0.233. The van der Waals surface area contributed by atoms with Crippen LogP contribution >= 0.6 is 0 Å². The first-order valence-electron chi connectivity index (χ1n) is 6.94. The van der Waals surface area contributed by atoms with Crippen molar-refractivity contribution < 1.29 is 4.74 Å². The molecule has 0 saturated carbocycles. The highest BCUT2D eigenvalue weighted by Gasteiger charge is 2.32. The fourth-order valence-corrected chi connectivity index (χ4v) is 2.47. The van der Waals surface area contributed by atoms with Gasteiger partial charge in [-0.1, -0.05) is 47.5 Å². The van der Waals surface area contributed by atoms with E-state index >= 15 is 0 Å². The number of rotatable bonds is 8. The fraction of sp³-hybridized carbons (Fsp3) is 1.00. The van der Waals surface area contributed by atoms with E-state index < -0.39 is 0 Å². The Labute approximate surface area is 107 Å². The molecule has 104 valence electrons. The van der Waals surface area contributed by atoms with Gasteiger partial charge in [0, 0.05) is 12.6 Å². The van der Waals surface area contributed by atoms with Gasteiger partial charge in [-0.05, 0) is 24.7 Å². The summed E-state index contributed by atoms with van der Waals surface area (Å²) >= 11 is 0. The Morgan fingerprint density at radius 3 is 2.18 bits per heavy atom. The lowest BCUT2D eigenvalue weighted by atomic mass is 9.81. The molecule has 0 aliphatic heterocycles. The largest absolute Gasteiger partial charge is 0.376 e. The van der Waals surface area contributed by atoms with E-state index in [0.29, 0.717) is 5.92 Å². The first-order chi connectivity index (χ1) is 7.86. The molecule has 0 heterocycles. The Hall–Kier alpha value is -0.120. The van der Waals surface area contributed by atoms with Crippen molar-refractivity contribution in [1.82, 2.24) is 5.43 Å². The number of ether oxygens (including phenoxy) is 1. The third-order valence-electron chi connectivity index (χ3n) is 3.22. The normalized spacial score (nSPS) is 17.8. The first-order valence-corrected chi connectivity index (χ1v) is 6.94. The number of nitrogens with two attached hydrogens (primary N) is 1. The predicted octanol–water partition coefficient (Wildman–Crippen LogP) is 3.10. The van der Waals surface area contributed by atoms with Crippen molar-refractivity contribution in [2.45, 2.75) is 73.0 Å². The zero-order valence-corrected chi connectivity index (χ0v) is 12.5. The number of hydrogen-bond acceptors (Lipinski definition) is 3. The van der Waals surface area contributed by atoms with E-state index in [1.54, 1.807) is 0 Å². The molecule has 0 aliphatic rings. The third-order valence-corrected chi connectivity index (χ3v) is 3.22. The zero-order valence-electron chi connectivity index (χ0n) is 12.5. The first kappa shape index (κ1) is 16.9. The van der Waals surface area contributed by atoms with E-state index in [1.165, 1.54) is 12.8 Å². The van der Waals surface area contributed by atoms with Crippen LogP contribution in [0, 0.1) is 11.3 Å². The number of nitrogens with one attached hydrogen (secondary N) is 1. The van der Waals surface area contributed by atoms with Gasteiger partial charge in [-0.2, -0.15) is 0 Å². The summed E-state index contributed by atoms with van der Waals surface area (Å²) in [4.78, 5) is 0. The average Bonchev–Trinajstić information content (AvgIpc) is 2.22. The van der Waals surface area contributed by atoms with Crippen molar-refractivity contribution in [1.29, 1.82) is 0 Å². The molecule has 0 saturated heterocycles. The summed E-state index contributed by atoms with van der Waals surface area (Å²) in [7, 11) is 0. The molecule has 0 aromatic rings. The van der Waals surface area contributed by atoms with Crippen molar-refractivity contribution in [2.24, 2.45) is 17.2 Å². The van der Waals surface area contributed by atoms with Gasteiger partial charge in [-0.15, -0.1) is 0 Å². The van der Waals surface area contributed by atoms with Crippen LogP contribution in [-0.4, -0.2) is 18.8 Å². The van der Waals surface area contributed by atoms with Gasteiger partial charge in [0.25, 0.3) is 0 Å². The quantitative estimate of drug-likeness (QED) is 0.509. The predicted molar refractivity (Wildman–Crippen MR) is 74.7 cm³/mol. The van der Waals surface area contributed by atoms with Gasteiger partial charge in [0.05, 0.1) is 6.10 Å². The second-order valence-corrected chi connectivity index (χ2v) is 6.14. The topological polar surface area (TPSA) is 47.3 Å². The molecule has 0 bridgehead atoms. The molecule has 0 fully saturated rings. The summed E-state index contributed by atoms with van der Waals surface area (Å²) in [6.07, 6.45) is 3.72. The average molecular weight is 244 g/mol. The second kappa shape index (κ2) is 8.06. The van der Waals surface area contributed by atoms with Crippen LogP contribution in [0.1, 0.15) is 60.8 Å². The van der Waals surface area contributed by atoms with Crippen LogP contribution in [0.5, 0.6) is 0 Å². The minimum atomic E-state index is 0.110. The SMILES string of the molecule is CCCC(C)CC(NN)C(OCC)C(C)(C)C. The van der Waals surface area contributed by atoms with E-state index in [0.717, 1.165) is 13.0 Å². The Morgan fingerprint density at radius 2 is 1.82 bits per heavy atom. The van der Waals surface area contributed by atoms with E-state index in [9.17, 15) is 0 Å². The lowest BCUT2D eigenvalue weighted by Gasteiger charge is -2.37. The highest BCUT2D eigenvalue weighted by atomic mass is 16.5. The third kappa shape index (κ3) is 6.39. The van der Waals surface area contributed by atoms with Crippen LogP contribution in [0.25, 0.3) is 0 Å². The molecule has 0 rings (SSSR count). The Balaban J connectivity index is 4.56. The Bertz CT molecular complexity index is 189. The molecule has 3 atom stereocenters. The van der Waals surface area contributed by atoms with Gasteiger partial charge >= 0.3 is 0 Å². The summed E-state index contributed by atoms with van der Waals surface area (Å²) in [6.45, 7) is 13.9. The molecule has 0 aromatic carbocycles. The van der Waals surface area contributed by atoms with E-state index in [2.05, 4.69) is 40.0 Å². The number of hydrogen-bond donors (Lipinski definition) is 2. The van der Waals surface area contributed by atoms with Crippen molar-refractivity contribution in [2.75, 3.05) is 6.61 Å². The maximum Gasteiger partial charge on any atom is 0.0789 e. The van der Waals surface area contributed by atoms with Gasteiger partial charge in [-0.3, -0.25) is 11.3 Å². The molecule has 17 heavy (non-hydrogen) atoms. The summed E-state index contributed by atoms with van der Waals surface area (Å²) in [5.41, 5.74) is 3.07. The number of hydrazine groups is 1. The molecular formula is C14H32N2O. The molecule has 3 unspecified atom stereocenters. The standard InChI is InChI=1S/C14H32N2O/c1-7-9-11(3)10-12(16-15)13(17-8-2)14(4,5)6/h11-13,16H,7-10,15H2,1-6H3. The smallest absolute Gasteiger partial charge is 0.0789 e. The fourth-order valence-electron chi connectivity index (χ4n) is 2.47. The molecule has 0 aromatic heterocycles. The Morgan fingerprint density at radius 1 is 1.24 bits per heavy atom. The van der Waals surface area contributed by atoms with Crippen LogP contribution in [0.2, 0.25) is 0 Å². The molecule has 3 heteroatoms. The van der Waals surface area contributed by atoms with E-state index in [4.69, 9.17) is 10.6 Å². The van der Waals surface area contributed by atoms with Crippen molar-refractivity contribution in [3.05, 3.63) is 0 Å². The highest BCUT2D eigenvalue weighted by Crippen LogP contribution is 2.28. The molecule has 0 aliphatic carbocycles. The monoisotopic (exact) mass is 244 g/mol. The summed E-state index contributed by atoms with van der Waals surface area (Å²) < 4.78 is 5.90. The molecule has 0 radical (unpaired) electrons. The van der Waals surface area contributed by atoms with Crippen LogP contribution < -0.4 is 11.3 Å². The van der Waals surface area contributed by atoms with E-state index in [-0.39, 0.29) is 17.6 Å². The minimum Gasteiger partial charge on any atom is -0.376 e. The second-order valence-electron chi connectivity index (χ2n) is 6.14. The van der Waals surface area contributed by atoms with Gasteiger partial charge in [0.15, 0.2) is 0 Å². The van der Waals surface area contributed by atoms with Crippen molar-refractivity contribution in [3.8, 4) is 0 Å². The van der Waals surface area contributed by atoms with Gasteiger partial charge in [-0.25, -0.2) is 0 Å². The summed E-state index contributed by atoms with van der Waals surface area (Å²) in [5.74, 6) is 6.40. The maximum absolute atomic E-state index is 5.90. The molecule has 3 N–H and O–H groups in total. The van der Waals surface area contributed by atoms with Gasteiger partial charge in [0.2, 0.25) is 0 Å². The highest BCUT2D eigenvalue weighted by molar-refractivity contribution is 4.86. The summed E-state index contributed by atoms with van der Waals surface area (Å²) in [5, 5.41) is 0. The van der Waals surface area contributed by atoms with Gasteiger partial charge < -0.3 is 4.74 Å². The maximum atomic E-state index is 5.90. The van der Waals surface area contributed by atoms with Crippen LogP contribution in [0.4, 0.5) is 0 Å². The van der Waals surface area contributed by atoms with Crippen molar-refractivity contribution in [3.63, 3.8) is 0 Å². The minimum absolute atomic E-state index is 0.110. The lowest BCUT2D eigenvalue weighted by Crippen LogP contribution is -2.51. The zero-order chi connectivity index (χ0) is 13.5. The van der Waals surface area contributed by atoms with E-state index in [1.807, 2.05) is 6.92 Å². The lowest BCUT2D eigenvalue weighted by molar-refractivity contribution is -0.0403. The molecule has 3 nitrogen and oxygen atoms in total. The Kier molecular flexibility index (Phi) is 8.01. The van der Waals surface area contributed by atoms with Gasteiger partial charge in [0.1, 0.15) is 0 Å². The molecular weight excluding hydrogens is 212 g/mol. The molecule has 0 amide bonds. The van der Waals surface area contributed by atoms with Crippen LogP contribution in [0.15, 0.2) is 0 Å². The molecule has 0 spiro atoms. The van der Waals surface area contributed by atoms with Crippen LogP contribution in [-0.2, 0) is 4.74 Å². The van der Waals surface area contributed by atoms with Crippen molar-refractivity contribution >= 4 is 0 Å².